The van der Waals surface area contributed by atoms with E-state index in [1.807, 2.05) is 24.3 Å². The molecule has 0 unspecified atom stereocenters. The first-order valence-corrected chi connectivity index (χ1v) is 7.88. The van der Waals surface area contributed by atoms with E-state index < -0.39 is 11.5 Å². The van der Waals surface area contributed by atoms with Gasteiger partial charge in [-0.2, -0.15) is 0 Å². The lowest BCUT2D eigenvalue weighted by Crippen LogP contribution is -2.44. The summed E-state index contributed by atoms with van der Waals surface area (Å²) in [5.74, 6) is -1.09. The summed E-state index contributed by atoms with van der Waals surface area (Å²) in [6.07, 6.45) is 0.503. The maximum absolute atomic E-state index is 12.3. The Balaban J connectivity index is 2.04. The van der Waals surface area contributed by atoms with Crippen molar-refractivity contribution < 1.29 is 14.7 Å². The number of aliphatic carboxylic acids is 1. The molecule has 0 saturated carbocycles. The van der Waals surface area contributed by atoms with E-state index >= 15 is 0 Å². The minimum absolute atomic E-state index is 0.00391. The molecule has 0 aliphatic rings. The van der Waals surface area contributed by atoms with Crippen molar-refractivity contribution >= 4 is 22.9 Å². The Bertz CT molecular complexity index is 817. The number of aromatic nitrogens is 2. The van der Waals surface area contributed by atoms with Gasteiger partial charge < -0.3 is 10.4 Å². The molecule has 24 heavy (non-hydrogen) atoms. The molecule has 2 rings (SSSR count). The van der Waals surface area contributed by atoms with Gasteiger partial charge in [-0.15, -0.1) is 0 Å². The zero-order valence-corrected chi connectivity index (χ0v) is 14.2. The van der Waals surface area contributed by atoms with Gasteiger partial charge >= 0.3 is 11.7 Å². The van der Waals surface area contributed by atoms with Gasteiger partial charge in [-0.25, -0.2) is 4.79 Å². The van der Waals surface area contributed by atoms with Crippen LogP contribution in [-0.2, 0) is 23.2 Å². The normalized spacial score (nSPS) is 11.6. The Morgan fingerprint density at radius 2 is 1.79 bits per heavy atom. The number of carbonyl (C=O) groups excluding carboxylic acids is 1. The van der Waals surface area contributed by atoms with E-state index in [4.69, 9.17) is 5.11 Å². The molecule has 7 nitrogen and oxygen atoms in total. The third-order valence-electron chi connectivity index (χ3n) is 4.06. The van der Waals surface area contributed by atoms with Gasteiger partial charge in [0.2, 0.25) is 5.91 Å². The van der Waals surface area contributed by atoms with E-state index in [2.05, 4.69) is 5.32 Å². The van der Waals surface area contributed by atoms with E-state index in [9.17, 15) is 14.4 Å². The molecule has 1 aromatic heterocycles. The Kier molecular flexibility index (Phi) is 5.11. The molecule has 0 bridgehead atoms. The van der Waals surface area contributed by atoms with E-state index in [1.165, 1.54) is 0 Å². The van der Waals surface area contributed by atoms with Gasteiger partial charge in [0.15, 0.2) is 0 Å². The lowest BCUT2D eigenvalue weighted by molar-refractivity contribution is -0.137. The molecule has 2 N–H and O–H groups in total. The maximum atomic E-state index is 12.3. The summed E-state index contributed by atoms with van der Waals surface area (Å²) in [6.45, 7) is 3.86. The molecule has 1 aromatic carbocycles. The first-order valence-electron chi connectivity index (χ1n) is 7.88. The fourth-order valence-corrected chi connectivity index (χ4v) is 2.71. The molecule has 130 valence electrons. The number of carbonyl (C=O) groups is 2. The fourth-order valence-electron chi connectivity index (χ4n) is 2.71. The minimum Gasteiger partial charge on any atom is -0.481 e. The van der Waals surface area contributed by atoms with Gasteiger partial charge in [0.25, 0.3) is 0 Å². The first kappa shape index (κ1) is 17.8. The topological polar surface area (TPSA) is 93.3 Å². The van der Waals surface area contributed by atoms with Crippen molar-refractivity contribution in [2.45, 2.75) is 45.2 Å². The predicted octanol–water partition coefficient (Wildman–Crippen LogP) is 1.49. The van der Waals surface area contributed by atoms with Crippen molar-refractivity contribution in [1.82, 2.24) is 14.5 Å². The Hall–Kier alpha value is -2.57. The molecule has 0 aliphatic heterocycles. The van der Waals surface area contributed by atoms with Crippen LogP contribution in [0.2, 0.25) is 0 Å². The predicted molar refractivity (Wildman–Crippen MR) is 90.9 cm³/mol. The van der Waals surface area contributed by atoms with Crippen LogP contribution in [-0.4, -0.2) is 31.7 Å². The van der Waals surface area contributed by atoms with Crippen LogP contribution in [0.1, 0.15) is 33.1 Å². The zero-order chi connectivity index (χ0) is 17.9. The maximum Gasteiger partial charge on any atom is 0.328 e. The summed E-state index contributed by atoms with van der Waals surface area (Å²) in [4.78, 5) is 35.1. The molecule has 2 aromatic rings. The molecule has 0 fully saturated rings. The van der Waals surface area contributed by atoms with Crippen LogP contribution in [0.15, 0.2) is 29.1 Å². The molecule has 0 spiro atoms. The van der Waals surface area contributed by atoms with Crippen molar-refractivity contribution in [2.75, 3.05) is 0 Å². The summed E-state index contributed by atoms with van der Waals surface area (Å²) in [5, 5.41) is 11.6. The highest BCUT2D eigenvalue weighted by Gasteiger charge is 2.21. The number of fused-ring (bicyclic) bond motifs is 1. The number of nitrogens with one attached hydrogen (secondary N) is 1. The minimum atomic E-state index is -0.889. The number of para-hydroxylation sites is 2. The van der Waals surface area contributed by atoms with Crippen molar-refractivity contribution in [2.24, 2.45) is 7.05 Å². The van der Waals surface area contributed by atoms with E-state index in [-0.39, 0.29) is 31.0 Å². The number of nitrogens with zero attached hydrogens (tertiary/aromatic N) is 2. The number of hydrogen-bond donors (Lipinski definition) is 2. The molecular formula is C17H23N3O4. The molecule has 1 heterocycles. The van der Waals surface area contributed by atoms with Gasteiger partial charge in [-0.05, 0) is 32.4 Å². The second-order valence-electron chi connectivity index (χ2n) is 6.56. The number of imidazole rings is 1. The molecule has 0 radical (unpaired) electrons. The molecular weight excluding hydrogens is 310 g/mol. The number of carboxylic acids is 1. The van der Waals surface area contributed by atoms with Crippen LogP contribution in [0.25, 0.3) is 11.0 Å². The Labute approximate surface area is 139 Å². The van der Waals surface area contributed by atoms with Crippen molar-refractivity contribution in [3.05, 3.63) is 34.7 Å². The molecule has 0 saturated heterocycles. The highest BCUT2D eigenvalue weighted by atomic mass is 16.4. The number of carboxylic acid groups (broad SMARTS) is 1. The molecule has 1 amide bonds. The second-order valence-corrected chi connectivity index (χ2v) is 6.56. The lowest BCUT2D eigenvalue weighted by atomic mass is 9.98. The standard InChI is InChI=1S/C17H23N3O4/c1-17(2,10-8-15(22)23)18-14(21)9-11-20-13-7-5-4-6-12(13)19(3)16(20)24/h4-7H,8-11H2,1-3H3,(H,18,21)(H,22,23). The first-order chi connectivity index (χ1) is 11.2. The third kappa shape index (κ3) is 4.04. The van der Waals surface area contributed by atoms with Gasteiger partial charge in [0.05, 0.1) is 11.0 Å². The highest BCUT2D eigenvalue weighted by molar-refractivity contribution is 5.78. The zero-order valence-electron chi connectivity index (χ0n) is 14.2. The van der Waals surface area contributed by atoms with Crippen molar-refractivity contribution in [1.29, 1.82) is 0 Å². The van der Waals surface area contributed by atoms with Crippen LogP contribution in [0, 0.1) is 0 Å². The number of rotatable bonds is 7. The molecule has 7 heteroatoms. The van der Waals surface area contributed by atoms with Crippen LogP contribution in [0.3, 0.4) is 0 Å². The van der Waals surface area contributed by atoms with E-state index in [0.29, 0.717) is 6.42 Å². The quantitative estimate of drug-likeness (QED) is 0.803. The van der Waals surface area contributed by atoms with Gasteiger partial charge in [0.1, 0.15) is 0 Å². The summed E-state index contributed by atoms with van der Waals surface area (Å²) >= 11 is 0. The van der Waals surface area contributed by atoms with Gasteiger partial charge in [-0.1, -0.05) is 12.1 Å². The Morgan fingerprint density at radius 1 is 1.17 bits per heavy atom. The van der Waals surface area contributed by atoms with Crippen molar-refractivity contribution in [3.8, 4) is 0 Å². The highest BCUT2D eigenvalue weighted by Crippen LogP contribution is 2.13. The van der Waals surface area contributed by atoms with Crippen LogP contribution in [0.4, 0.5) is 0 Å². The molecule has 0 atom stereocenters. The number of amides is 1. The SMILES string of the molecule is Cn1c(=O)n(CCC(=O)NC(C)(C)CCC(=O)O)c2ccccc21. The van der Waals surface area contributed by atoms with Gasteiger partial charge in [0, 0.05) is 32.0 Å². The van der Waals surface area contributed by atoms with Gasteiger partial charge in [-0.3, -0.25) is 18.7 Å². The average Bonchev–Trinajstić information content (AvgIpc) is 2.75. The number of aryl methyl sites for hydroxylation is 2. The number of benzene rings is 1. The van der Waals surface area contributed by atoms with Crippen LogP contribution >= 0.6 is 0 Å². The lowest BCUT2D eigenvalue weighted by Gasteiger charge is -2.25. The summed E-state index contributed by atoms with van der Waals surface area (Å²) in [7, 11) is 1.70. The average molecular weight is 333 g/mol. The van der Waals surface area contributed by atoms with Crippen molar-refractivity contribution in [3.63, 3.8) is 0 Å². The third-order valence-corrected chi connectivity index (χ3v) is 4.06. The largest absolute Gasteiger partial charge is 0.481 e. The Morgan fingerprint density at radius 3 is 2.42 bits per heavy atom. The monoisotopic (exact) mass is 333 g/mol. The smallest absolute Gasteiger partial charge is 0.328 e. The van der Waals surface area contributed by atoms with Crippen LogP contribution < -0.4 is 11.0 Å². The van der Waals surface area contributed by atoms with Crippen LogP contribution in [0.5, 0.6) is 0 Å². The summed E-state index contributed by atoms with van der Waals surface area (Å²) in [5.41, 5.74) is 0.862. The summed E-state index contributed by atoms with van der Waals surface area (Å²) < 4.78 is 3.14. The fraction of sp³-hybridized carbons (Fsp3) is 0.471. The van der Waals surface area contributed by atoms with E-state index in [1.54, 1.807) is 30.0 Å². The summed E-state index contributed by atoms with van der Waals surface area (Å²) in [6, 6.07) is 7.44. The number of hydrogen-bond acceptors (Lipinski definition) is 3. The van der Waals surface area contributed by atoms with E-state index in [0.717, 1.165) is 11.0 Å². The molecule has 0 aliphatic carbocycles. The second kappa shape index (κ2) is 6.90.